The summed E-state index contributed by atoms with van der Waals surface area (Å²) in [6, 6.07) is 14.3. The van der Waals surface area contributed by atoms with Crippen molar-refractivity contribution in [3.63, 3.8) is 0 Å². The Bertz CT molecular complexity index is 953. The largest absolute Gasteiger partial charge is 0.349 e. The second-order valence-electron chi connectivity index (χ2n) is 9.99. The molecule has 1 aromatic heterocycles. The number of carbonyl (C=O) groups is 2. The molecule has 2 amide bonds. The third-order valence-corrected chi connectivity index (χ3v) is 7.71. The van der Waals surface area contributed by atoms with Crippen molar-refractivity contribution in [2.24, 2.45) is 11.3 Å². The molecular formula is C27H34N4O2. The van der Waals surface area contributed by atoms with Gasteiger partial charge in [-0.25, -0.2) is 0 Å². The highest BCUT2D eigenvalue weighted by atomic mass is 16.2. The summed E-state index contributed by atoms with van der Waals surface area (Å²) in [5.74, 6) is 0.741. The molecule has 1 N–H and O–H groups in total. The zero-order valence-electron chi connectivity index (χ0n) is 19.3. The van der Waals surface area contributed by atoms with Crippen LogP contribution in [-0.2, 0) is 16.1 Å². The second-order valence-corrected chi connectivity index (χ2v) is 9.99. The van der Waals surface area contributed by atoms with Crippen molar-refractivity contribution in [3.05, 3.63) is 66.0 Å². The first-order valence-corrected chi connectivity index (χ1v) is 12.4. The van der Waals surface area contributed by atoms with Crippen molar-refractivity contribution in [3.8, 4) is 0 Å². The van der Waals surface area contributed by atoms with Crippen molar-refractivity contribution in [2.45, 2.75) is 51.1 Å². The topological polar surface area (TPSA) is 65.5 Å². The van der Waals surface area contributed by atoms with Crippen LogP contribution in [-0.4, -0.2) is 52.8 Å². The number of pyridine rings is 1. The Morgan fingerprint density at radius 2 is 1.82 bits per heavy atom. The lowest BCUT2D eigenvalue weighted by Gasteiger charge is -2.38. The van der Waals surface area contributed by atoms with Crippen molar-refractivity contribution in [1.29, 1.82) is 0 Å². The molecule has 2 aliphatic heterocycles. The molecule has 1 saturated carbocycles. The zero-order valence-corrected chi connectivity index (χ0v) is 19.3. The summed E-state index contributed by atoms with van der Waals surface area (Å²) in [6.45, 7) is 4.35. The first-order valence-electron chi connectivity index (χ1n) is 12.4. The number of piperidine rings is 1. The third kappa shape index (κ3) is 5.11. The van der Waals surface area contributed by atoms with E-state index in [1.165, 1.54) is 5.56 Å². The number of hydrogen-bond acceptors (Lipinski definition) is 4. The van der Waals surface area contributed by atoms with E-state index in [1.807, 2.05) is 41.4 Å². The van der Waals surface area contributed by atoms with Gasteiger partial charge in [-0.15, -0.1) is 0 Å². The molecular weight excluding hydrogens is 412 g/mol. The lowest BCUT2D eigenvalue weighted by atomic mass is 9.77. The molecule has 2 saturated heterocycles. The molecule has 6 heteroatoms. The van der Waals surface area contributed by atoms with Crippen LogP contribution in [0.15, 0.2) is 54.9 Å². The molecule has 2 aromatic rings. The van der Waals surface area contributed by atoms with Gasteiger partial charge in [0, 0.05) is 37.9 Å². The van der Waals surface area contributed by atoms with E-state index < -0.39 is 0 Å². The first-order chi connectivity index (χ1) is 16.1. The van der Waals surface area contributed by atoms with E-state index in [0.717, 1.165) is 70.3 Å². The fraction of sp³-hybridized carbons (Fsp3) is 0.519. The Balaban J connectivity index is 1.14. The molecule has 0 unspecified atom stereocenters. The Hall–Kier alpha value is -2.73. The molecule has 33 heavy (non-hydrogen) atoms. The summed E-state index contributed by atoms with van der Waals surface area (Å²) in [5.41, 5.74) is 2.09. The molecule has 3 heterocycles. The van der Waals surface area contributed by atoms with Gasteiger partial charge in [0.05, 0.1) is 11.5 Å². The molecule has 5 rings (SSSR count). The van der Waals surface area contributed by atoms with Crippen LogP contribution in [0.4, 0.5) is 0 Å². The van der Waals surface area contributed by atoms with Crippen LogP contribution in [0.3, 0.4) is 0 Å². The summed E-state index contributed by atoms with van der Waals surface area (Å²) in [5, 5.41) is 3.29. The van der Waals surface area contributed by atoms with E-state index >= 15 is 0 Å². The minimum absolute atomic E-state index is 0.0540. The van der Waals surface area contributed by atoms with Gasteiger partial charge in [0.15, 0.2) is 0 Å². The first kappa shape index (κ1) is 22.1. The number of carbonyl (C=O) groups excluding carboxylic acids is 2. The van der Waals surface area contributed by atoms with Crippen LogP contribution in [0.1, 0.15) is 55.7 Å². The number of nitrogens with one attached hydrogen (secondary N) is 1. The smallest absolute Gasteiger partial charge is 0.229 e. The van der Waals surface area contributed by atoms with Gasteiger partial charge < -0.3 is 15.1 Å². The quantitative estimate of drug-likeness (QED) is 0.674. The zero-order chi connectivity index (χ0) is 22.7. The normalized spacial score (nSPS) is 21.3. The minimum Gasteiger partial charge on any atom is -0.349 e. The van der Waals surface area contributed by atoms with Crippen LogP contribution in [0, 0.1) is 11.3 Å². The van der Waals surface area contributed by atoms with E-state index in [0.29, 0.717) is 12.5 Å². The van der Waals surface area contributed by atoms with E-state index in [4.69, 9.17) is 0 Å². The molecule has 3 fully saturated rings. The van der Waals surface area contributed by atoms with Gasteiger partial charge in [-0.2, -0.15) is 0 Å². The van der Waals surface area contributed by atoms with Crippen molar-refractivity contribution < 1.29 is 9.59 Å². The number of rotatable bonds is 8. The molecule has 0 radical (unpaired) electrons. The number of likely N-dealkylation sites (tertiary alicyclic amines) is 2. The maximum Gasteiger partial charge on any atom is 0.229 e. The Morgan fingerprint density at radius 3 is 2.52 bits per heavy atom. The summed E-state index contributed by atoms with van der Waals surface area (Å²) in [6.07, 6.45) is 9.39. The van der Waals surface area contributed by atoms with Crippen LogP contribution in [0.25, 0.3) is 0 Å². The van der Waals surface area contributed by atoms with Crippen molar-refractivity contribution >= 4 is 11.8 Å². The number of nitrogens with zero attached hydrogens (tertiary/aromatic N) is 3. The van der Waals surface area contributed by atoms with Gasteiger partial charge in [0.1, 0.15) is 0 Å². The van der Waals surface area contributed by atoms with Crippen LogP contribution in [0.2, 0.25) is 0 Å². The van der Waals surface area contributed by atoms with Crippen LogP contribution < -0.4 is 5.32 Å². The van der Waals surface area contributed by atoms with E-state index in [9.17, 15) is 9.59 Å². The predicted octanol–water partition coefficient (Wildman–Crippen LogP) is 3.55. The van der Waals surface area contributed by atoms with Crippen molar-refractivity contribution in [1.82, 2.24) is 20.1 Å². The van der Waals surface area contributed by atoms with Crippen LogP contribution >= 0.6 is 0 Å². The highest BCUT2D eigenvalue weighted by Gasteiger charge is 2.47. The molecule has 6 nitrogen and oxygen atoms in total. The summed E-state index contributed by atoms with van der Waals surface area (Å²) in [4.78, 5) is 34.4. The molecule has 1 spiro atoms. The Kier molecular flexibility index (Phi) is 6.45. The lowest BCUT2D eigenvalue weighted by Crippen LogP contribution is -2.45. The standard InChI is InChI=1S/C27H34N4O2/c32-25(23-8-9-23)29-24(22-6-2-1-3-7-22)10-15-30-16-11-27(12-17-30)13-18-31(26(27)33)20-21-5-4-14-28-19-21/h1-7,14,19,23-24H,8-13,15-18,20H2,(H,29,32)/t24-/m0/s1. The van der Waals surface area contributed by atoms with Gasteiger partial charge in [-0.3, -0.25) is 14.6 Å². The van der Waals surface area contributed by atoms with E-state index in [1.54, 1.807) is 6.20 Å². The number of amides is 2. The van der Waals surface area contributed by atoms with Gasteiger partial charge in [-0.05, 0) is 68.8 Å². The average molecular weight is 447 g/mol. The monoisotopic (exact) mass is 446 g/mol. The maximum atomic E-state index is 13.3. The van der Waals surface area contributed by atoms with Gasteiger partial charge in [0.25, 0.3) is 0 Å². The Morgan fingerprint density at radius 1 is 1.06 bits per heavy atom. The SMILES string of the molecule is O=C(N[C@@H](CCN1CCC2(CC1)CCN(Cc1cccnc1)C2=O)c1ccccc1)C1CC1. The summed E-state index contributed by atoms with van der Waals surface area (Å²) in [7, 11) is 0. The number of hydrogen-bond donors (Lipinski definition) is 1. The predicted molar refractivity (Wildman–Crippen MR) is 127 cm³/mol. The highest BCUT2D eigenvalue weighted by Crippen LogP contribution is 2.42. The second kappa shape index (κ2) is 9.64. The van der Waals surface area contributed by atoms with Gasteiger partial charge in [-0.1, -0.05) is 36.4 Å². The average Bonchev–Trinajstić information content (AvgIpc) is 3.67. The van der Waals surface area contributed by atoms with Crippen LogP contribution in [0.5, 0.6) is 0 Å². The number of aromatic nitrogens is 1. The third-order valence-electron chi connectivity index (χ3n) is 7.71. The van der Waals surface area contributed by atoms with E-state index in [-0.39, 0.29) is 23.3 Å². The molecule has 174 valence electrons. The van der Waals surface area contributed by atoms with Gasteiger partial charge >= 0.3 is 0 Å². The van der Waals surface area contributed by atoms with Gasteiger partial charge in [0.2, 0.25) is 11.8 Å². The highest BCUT2D eigenvalue weighted by molar-refractivity contribution is 5.85. The van der Waals surface area contributed by atoms with E-state index in [2.05, 4.69) is 27.3 Å². The fourth-order valence-electron chi connectivity index (χ4n) is 5.38. The summed E-state index contributed by atoms with van der Waals surface area (Å²) >= 11 is 0. The minimum atomic E-state index is -0.183. The molecule has 1 atom stereocenters. The van der Waals surface area contributed by atoms with Crippen molar-refractivity contribution in [2.75, 3.05) is 26.2 Å². The fourth-order valence-corrected chi connectivity index (χ4v) is 5.38. The lowest BCUT2D eigenvalue weighted by molar-refractivity contribution is -0.139. The molecule has 1 aromatic carbocycles. The maximum absolute atomic E-state index is 13.3. The molecule has 0 bridgehead atoms. The Labute approximate surface area is 196 Å². The molecule has 3 aliphatic rings. The number of benzene rings is 1. The molecule has 1 aliphatic carbocycles. The summed E-state index contributed by atoms with van der Waals surface area (Å²) < 4.78 is 0.